The van der Waals surface area contributed by atoms with Crippen molar-refractivity contribution in [3.8, 4) is 0 Å². The number of rotatable bonds is 4. The lowest BCUT2D eigenvalue weighted by atomic mass is 10.0. The van der Waals surface area contributed by atoms with Crippen LogP contribution in [-0.2, 0) is 21.4 Å². The van der Waals surface area contributed by atoms with Crippen molar-refractivity contribution in [2.45, 2.75) is 38.8 Å². The number of hydrogen-bond donors (Lipinski definition) is 1. The second kappa shape index (κ2) is 6.52. The highest BCUT2D eigenvalue weighted by Gasteiger charge is 2.35. The number of carbonyl (C=O) groups is 1. The van der Waals surface area contributed by atoms with Gasteiger partial charge in [-0.3, -0.25) is 10.1 Å². The van der Waals surface area contributed by atoms with Gasteiger partial charge in [0.15, 0.2) is 0 Å². The summed E-state index contributed by atoms with van der Waals surface area (Å²) in [6, 6.07) is 6.99. The van der Waals surface area contributed by atoms with E-state index >= 15 is 0 Å². The zero-order chi connectivity index (χ0) is 17.3. The summed E-state index contributed by atoms with van der Waals surface area (Å²) in [6.45, 7) is 3.03. The monoisotopic (exact) mass is 350 g/mol. The molecule has 3 rings (SSSR count). The van der Waals surface area contributed by atoms with Gasteiger partial charge in [-0.15, -0.1) is 0 Å². The predicted molar refractivity (Wildman–Crippen MR) is 93.2 cm³/mol. The Morgan fingerprint density at radius 1 is 1.33 bits per heavy atom. The number of amides is 1. The summed E-state index contributed by atoms with van der Waals surface area (Å²) in [7, 11) is -3.41. The van der Waals surface area contributed by atoms with Gasteiger partial charge in [-0.2, -0.15) is 4.31 Å². The highest BCUT2D eigenvalue weighted by molar-refractivity contribution is 7.88. The molecule has 0 radical (unpaired) electrons. The fraction of sp³-hybridized carbons (Fsp3) is 0.500. The van der Waals surface area contributed by atoms with E-state index in [9.17, 15) is 13.2 Å². The van der Waals surface area contributed by atoms with E-state index < -0.39 is 16.1 Å². The average molecular weight is 350 g/mol. The van der Waals surface area contributed by atoms with E-state index in [0.717, 1.165) is 30.1 Å². The lowest BCUT2D eigenvalue weighted by molar-refractivity contribution is -0.120. The Labute approximate surface area is 141 Å². The Morgan fingerprint density at radius 3 is 2.79 bits per heavy atom. The summed E-state index contributed by atoms with van der Waals surface area (Å²) in [4.78, 5) is 17.2. The van der Waals surface area contributed by atoms with Crippen LogP contribution in [0.2, 0.25) is 0 Å². The van der Waals surface area contributed by atoms with Crippen LogP contribution < -0.4 is 5.32 Å². The van der Waals surface area contributed by atoms with Crippen molar-refractivity contribution in [3.63, 3.8) is 0 Å². The van der Waals surface area contributed by atoms with E-state index in [4.69, 9.17) is 0 Å². The second-order valence-electron chi connectivity index (χ2n) is 6.04. The molecule has 1 aliphatic heterocycles. The van der Waals surface area contributed by atoms with E-state index in [1.54, 1.807) is 0 Å². The van der Waals surface area contributed by atoms with Crippen LogP contribution in [0.1, 0.15) is 26.2 Å². The molecule has 1 aromatic heterocycles. The van der Waals surface area contributed by atoms with Crippen molar-refractivity contribution in [3.05, 3.63) is 24.3 Å². The first-order valence-corrected chi connectivity index (χ1v) is 9.99. The zero-order valence-corrected chi connectivity index (χ0v) is 14.7. The number of imidazole rings is 1. The maximum absolute atomic E-state index is 12.7. The molecule has 1 aromatic carbocycles. The fourth-order valence-electron chi connectivity index (χ4n) is 3.25. The molecule has 1 aliphatic rings. The second-order valence-corrected chi connectivity index (χ2v) is 7.98. The van der Waals surface area contributed by atoms with Gasteiger partial charge in [0.1, 0.15) is 6.04 Å². The Morgan fingerprint density at radius 2 is 2.08 bits per heavy atom. The number of aromatic nitrogens is 2. The van der Waals surface area contributed by atoms with Crippen LogP contribution in [0.25, 0.3) is 11.0 Å². The molecule has 1 saturated heterocycles. The van der Waals surface area contributed by atoms with Gasteiger partial charge in [-0.05, 0) is 31.9 Å². The van der Waals surface area contributed by atoms with Crippen LogP contribution in [0.5, 0.6) is 0 Å². The summed E-state index contributed by atoms with van der Waals surface area (Å²) in [5.41, 5.74) is 1.75. The number of nitrogens with one attached hydrogen (secondary N) is 1. The smallest absolute Gasteiger partial charge is 0.245 e. The summed E-state index contributed by atoms with van der Waals surface area (Å²) >= 11 is 0. The summed E-state index contributed by atoms with van der Waals surface area (Å²) in [5.74, 6) is 0.146. The van der Waals surface area contributed by atoms with Gasteiger partial charge in [0.25, 0.3) is 0 Å². The van der Waals surface area contributed by atoms with Gasteiger partial charge in [0.05, 0.1) is 17.3 Å². The largest absolute Gasteiger partial charge is 0.310 e. The molecule has 0 bridgehead atoms. The first-order chi connectivity index (χ1) is 11.4. The Kier molecular flexibility index (Phi) is 4.60. The lowest BCUT2D eigenvalue weighted by Crippen LogP contribution is -2.49. The van der Waals surface area contributed by atoms with Gasteiger partial charge < -0.3 is 4.57 Å². The fourth-order valence-corrected chi connectivity index (χ4v) is 4.37. The van der Waals surface area contributed by atoms with Crippen LogP contribution in [0.15, 0.2) is 24.3 Å². The third-order valence-electron chi connectivity index (χ3n) is 4.39. The summed E-state index contributed by atoms with van der Waals surface area (Å²) < 4.78 is 27.1. The first-order valence-electron chi connectivity index (χ1n) is 8.14. The number of hydrogen-bond acceptors (Lipinski definition) is 4. The van der Waals surface area contributed by atoms with Gasteiger partial charge >= 0.3 is 0 Å². The van der Waals surface area contributed by atoms with Gasteiger partial charge in [-0.25, -0.2) is 13.4 Å². The molecule has 1 amide bonds. The van der Waals surface area contributed by atoms with Gasteiger partial charge in [0.2, 0.25) is 21.9 Å². The van der Waals surface area contributed by atoms with Crippen molar-refractivity contribution in [2.75, 3.05) is 18.1 Å². The highest BCUT2D eigenvalue weighted by atomic mass is 32.2. The minimum Gasteiger partial charge on any atom is -0.310 e. The predicted octanol–water partition coefficient (Wildman–Crippen LogP) is 1.81. The molecule has 0 saturated carbocycles. The molecule has 24 heavy (non-hydrogen) atoms. The molecular formula is C16H22N4O3S. The van der Waals surface area contributed by atoms with E-state index in [1.807, 2.05) is 35.8 Å². The molecule has 2 heterocycles. The Bertz CT molecular complexity index is 859. The Balaban J connectivity index is 1.89. The number of sulfonamides is 1. The van der Waals surface area contributed by atoms with Crippen molar-refractivity contribution in [1.29, 1.82) is 0 Å². The summed E-state index contributed by atoms with van der Waals surface area (Å²) in [5, 5.41) is 2.83. The third kappa shape index (κ3) is 3.16. The standard InChI is InChI=1S/C16H22N4O3S/c1-3-19-13-9-5-4-8-12(13)17-16(19)18-15(21)14-10-6-7-11-20(14)24(2,22)23/h4-5,8-9,14H,3,6-7,10-11H2,1-2H3,(H,17,18,21). The van der Waals surface area contributed by atoms with Crippen LogP contribution in [0, 0.1) is 0 Å². The van der Waals surface area contributed by atoms with E-state index in [0.29, 0.717) is 25.5 Å². The number of anilines is 1. The number of para-hydroxylation sites is 2. The zero-order valence-electron chi connectivity index (χ0n) is 13.9. The average Bonchev–Trinajstić information content (AvgIpc) is 2.91. The van der Waals surface area contributed by atoms with E-state index in [2.05, 4.69) is 10.3 Å². The number of carbonyl (C=O) groups excluding carboxylic acids is 1. The van der Waals surface area contributed by atoms with Crippen LogP contribution in [-0.4, -0.2) is 47.0 Å². The molecule has 2 aromatic rings. The minimum absolute atomic E-state index is 0.315. The number of nitrogens with zero attached hydrogens (tertiary/aromatic N) is 3. The highest BCUT2D eigenvalue weighted by Crippen LogP contribution is 2.23. The molecular weight excluding hydrogens is 328 g/mol. The molecule has 1 N–H and O–H groups in total. The molecule has 0 aliphatic carbocycles. The van der Waals surface area contributed by atoms with Crippen molar-refractivity contribution < 1.29 is 13.2 Å². The molecule has 8 heteroatoms. The number of fused-ring (bicyclic) bond motifs is 1. The maximum atomic E-state index is 12.7. The maximum Gasteiger partial charge on any atom is 0.245 e. The van der Waals surface area contributed by atoms with Crippen LogP contribution in [0.4, 0.5) is 5.95 Å². The topological polar surface area (TPSA) is 84.3 Å². The van der Waals surface area contributed by atoms with Crippen LogP contribution in [0.3, 0.4) is 0 Å². The molecule has 130 valence electrons. The minimum atomic E-state index is -3.41. The van der Waals surface area contributed by atoms with Gasteiger partial charge in [-0.1, -0.05) is 18.6 Å². The summed E-state index contributed by atoms with van der Waals surface area (Å²) in [6.07, 6.45) is 3.31. The Hall–Kier alpha value is -1.93. The quantitative estimate of drug-likeness (QED) is 0.911. The molecule has 1 fully saturated rings. The van der Waals surface area contributed by atoms with Gasteiger partial charge in [0, 0.05) is 13.1 Å². The van der Waals surface area contributed by atoms with E-state index in [-0.39, 0.29) is 5.91 Å². The number of piperidine rings is 1. The van der Waals surface area contributed by atoms with Crippen molar-refractivity contribution >= 4 is 32.9 Å². The third-order valence-corrected chi connectivity index (χ3v) is 5.68. The van der Waals surface area contributed by atoms with E-state index in [1.165, 1.54) is 4.31 Å². The number of aryl methyl sites for hydroxylation is 1. The lowest BCUT2D eigenvalue weighted by Gasteiger charge is -2.32. The first kappa shape index (κ1) is 16.9. The SMILES string of the molecule is CCn1c(NC(=O)C2CCCCN2S(C)(=O)=O)nc2ccccc21. The van der Waals surface area contributed by atoms with Crippen LogP contribution >= 0.6 is 0 Å². The number of benzene rings is 1. The van der Waals surface area contributed by atoms with Crippen molar-refractivity contribution in [2.24, 2.45) is 0 Å². The molecule has 7 nitrogen and oxygen atoms in total. The normalized spacial score (nSPS) is 19.5. The molecule has 1 atom stereocenters. The molecule has 0 spiro atoms. The van der Waals surface area contributed by atoms with Crippen molar-refractivity contribution in [1.82, 2.24) is 13.9 Å². The molecule has 1 unspecified atom stereocenters.